The van der Waals surface area contributed by atoms with Crippen molar-refractivity contribution in [1.29, 1.82) is 0 Å². The molecule has 150 valence electrons. The van der Waals surface area contributed by atoms with E-state index in [0.29, 0.717) is 11.3 Å². The predicted molar refractivity (Wildman–Crippen MR) is 117 cm³/mol. The lowest BCUT2D eigenvalue weighted by atomic mass is 10.1. The summed E-state index contributed by atoms with van der Waals surface area (Å²) in [6, 6.07) is 26.1. The number of H-pyrrole nitrogens is 1. The van der Waals surface area contributed by atoms with Gasteiger partial charge in [-0.2, -0.15) is 0 Å². The number of aromatic nitrogens is 1. The van der Waals surface area contributed by atoms with Crippen LogP contribution in [0.2, 0.25) is 0 Å². The van der Waals surface area contributed by atoms with Crippen LogP contribution in [-0.2, 0) is 9.59 Å². The molecule has 30 heavy (non-hydrogen) atoms. The summed E-state index contributed by atoms with van der Waals surface area (Å²) >= 11 is 0. The zero-order valence-electron chi connectivity index (χ0n) is 16.1. The Bertz CT molecular complexity index is 1170. The standard InChI is InChI=1S/C24H21N3O3/c28-20(16-9-3-1-4-10-16)15-25-23(29)24(30)27-22-18-13-7-8-14-19(18)26-21(22)17-11-5-2-6-12-17/h1-14,20,26,28H,15H2,(H,25,29)(H,27,30)/t20-/m0/s1. The van der Waals surface area contributed by atoms with Gasteiger partial charge in [0.05, 0.1) is 17.5 Å². The van der Waals surface area contributed by atoms with Crippen LogP contribution in [0.5, 0.6) is 0 Å². The molecule has 4 aromatic rings. The number of fused-ring (bicyclic) bond motifs is 1. The first-order valence-electron chi connectivity index (χ1n) is 9.62. The summed E-state index contributed by atoms with van der Waals surface area (Å²) in [5, 5.41) is 16.2. The summed E-state index contributed by atoms with van der Waals surface area (Å²) < 4.78 is 0. The van der Waals surface area contributed by atoms with Gasteiger partial charge in [-0.15, -0.1) is 0 Å². The molecule has 0 saturated heterocycles. The van der Waals surface area contributed by atoms with E-state index in [1.807, 2.05) is 60.7 Å². The van der Waals surface area contributed by atoms with Crippen molar-refractivity contribution >= 4 is 28.4 Å². The Kier molecular flexibility index (Phi) is 5.59. The van der Waals surface area contributed by atoms with E-state index in [1.54, 1.807) is 24.3 Å². The van der Waals surface area contributed by atoms with Crippen LogP contribution in [0.25, 0.3) is 22.2 Å². The van der Waals surface area contributed by atoms with Gasteiger partial charge in [0.15, 0.2) is 0 Å². The maximum Gasteiger partial charge on any atom is 0.313 e. The fourth-order valence-electron chi connectivity index (χ4n) is 3.33. The zero-order chi connectivity index (χ0) is 20.9. The van der Waals surface area contributed by atoms with E-state index < -0.39 is 17.9 Å². The van der Waals surface area contributed by atoms with Gasteiger partial charge in [-0.1, -0.05) is 78.9 Å². The third-order valence-electron chi connectivity index (χ3n) is 4.85. The van der Waals surface area contributed by atoms with Crippen LogP contribution in [0, 0.1) is 0 Å². The van der Waals surface area contributed by atoms with E-state index in [1.165, 1.54) is 0 Å². The lowest BCUT2D eigenvalue weighted by molar-refractivity contribution is -0.136. The van der Waals surface area contributed by atoms with Crippen molar-refractivity contribution < 1.29 is 14.7 Å². The van der Waals surface area contributed by atoms with Crippen LogP contribution >= 0.6 is 0 Å². The highest BCUT2D eigenvalue weighted by atomic mass is 16.3. The largest absolute Gasteiger partial charge is 0.387 e. The highest BCUT2D eigenvalue weighted by Crippen LogP contribution is 2.34. The molecule has 0 radical (unpaired) electrons. The first-order valence-corrected chi connectivity index (χ1v) is 9.62. The second kappa shape index (κ2) is 8.63. The molecule has 0 aliphatic heterocycles. The average Bonchev–Trinajstić information content (AvgIpc) is 3.16. The van der Waals surface area contributed by atoms with Gasteiger partial charge in [0, 0.05) is 23.0 Å². The van der Waals surface area contributed by atoms with Gasteiger partial charge in [0.2, 0.25) is 0 Å². The molecule has 0 aliphatic rings. The number of benzene rings is 3. The molecule has 4 rings (SSSR count). The average molecular weight is 399 g/mol. The van der Waals surface area contributed by atoms with Crippen molar-refractivity contribution in [3.8, 4) is 11.3 Å². The van der Waals surface area contributed by atoms with Crippen LogP contribution in [0.3, 0.4) is 0 Å². The summed E-state index contributed by atoms with van der Waals surface area (Å²) in [6.07, 6.45) is -0.893. The molecule has 0 unspecified atom stereocenters. The van der Waals surface area contributed by atoms with Crippen molar-refractivity contribution in [3.05, 3.63) is 90.5 Å². The number of para-hydroxylation sites is 1. The maximum atomic E-state index is 12.6. The molecule has 1 atom stereocenters. The molecule has 0 bridgehead atoms. The highest BCUT2D eigenvalue weighted by Gasteiger charge is 2.20. The number of amides is 2. The van der Waals surface area contributed by atoms with E-state index in [0.717, 1.165) is 22.2 Å². The number of rotatable bonds is 5. The molecule has 2 amide bonds. The molecule has 1 aromatic heterocycles. The number of carbonyl (C=O) groups is 2. The fraction of sp³-hybridized carbons (Fsp3) is 0.0833. The minimum absolute atomic E-state index is 0.0598. The Hall–Kier alpha value is -3.90. The minimum Gasteiger partial charge on any atom is -0.387 e. The van der Waals surface area contributed by atoms with Gasteiger partial charge >= 0.3 is 11.8 Å². The molecule has 3 aromatic carbocycles. The molecule has 4 N–H and O–H groups in total. The van der Waals surface area contributed by atoms with Crippen LogP contribution < -0.4 is 10.6 Å². The molecule has 0 saturated carbocycles. The van der Waals surface area contributed by atoms with Crippen LogP contribution in [0.4, 0.5) is 5.69 Å². The predicted octanol–water partition coefficient (Wildman–Crippen LogP) is 3.62. The number of aromatic amines is 1. The van der Waals surface area contributed by atoms with Crippen LogP contribution in [0.1, 0.15) is 11.7 Å². The van der Waals surface area contributed by atoms with Gasteiger partial charge in [-0.3, -0.25) is 9.59 Å². The number of carbonyl (C=O) groups excluding carboxylic acids is 2. The molecule has 1 heterocycles. The third kappa shape index (κ3) is 4.09. The Labute approximate surface area is 173 Å². The van der Waals surface area contributed by atoms with Crippen LogP contribution in [0.15, 0.2) is 84.9 Å². The second-order valence-electron chi connectivity index (χ2n) is 6.88. The Morgan fingerprint density at radius 3 is 2.20 bits per heavy atom. The zero-order valence-corrected chi connectivity index (χ0v) is 16.1. The topological polar surface area (TPSA) is 94.2 Å². The molecular weight excluding hydrogens is 378 g/mol. The number of aliphatic hydroxyl groups is 1. The van der Waals surface area contributed by atoms with Gasteiger partial charge in [-0.25, -0.2) is 0 Å². The third-order valence-corrected chi connectivity index (χ3v) is 4.85. The number of hydrogen-bond donors (Lipinski definition) is 4. The lowest BCUT2D eigenvalue weighted by Gasteiger charge is -2.12. The number of aliphatic hydroxyl groups excluding tert-OH is 1. The number of hydrogen-bond acceptors (Lipinski definition) is 3. The maximum absolute atomic E-state index is 12.6. The van der Waals surface area contributed by atoms with Gasteiger partial charge in [0.25, 0.3) is 0 Å². The SMILES string of the molecule is O=C(NC[C@H](O)c1ccccc1)C(=O)Nc1c(-c2ccccc2)[nH]c2ccccc12. The van der Waals surface area contributed by atoms with Crippen molar-refractivity contribution in [2.45, 2.75) is 6.10 Å². The summed E-state index contributed by atoms with van der Waals surface area (Å²) in [7, 11) is 0. The van der Waals surface area contributed by atoms with Crippen molar-refractivity contribution in [1.82, 2.24) is 10.3 Å². The Morgan fingerprint density at radius 1 is 0.833 bits per heavy atom. The number of anilines is 1. The molecular formula is C24H21N3O3. The van der Waals surface area contributed by atoms with Crippen LogP contribution in [-0.4, -0.2) is 28.4 Å². The molecule has 6 nitrogen and oxygen atoms in total. The minimum atomic E-state index is -0.893. The Balaban J connectivity index is 1.52. The fourth-order valence-corrected chi connectivity index (χ4v) is 3.33. The van der Waals surface area contributed by atoms with Crippen molar-refractivity contribution in [2.75, 3.05) is 11.9 Å². The van der Waals surface area contributed by atoms with Gasteiger partial charge < -0.3 is 20.7 Å². The lowest BCUT2D eigenvalue weighted by Crippen LogP contribution is -2.37. The van der Waals surface area contributed by atoms with E-state index in [4.69, 9.17) is 0 Å². The summed E-state index contributed by atoms with van der Waals surface area (Å²) in [4.78, 5) is 28.2. The second-order valence-corrected chi connectivity index (χ2v) is 6.88. The highest BCUT2D eigenvalue weighted by molar-refractivity contribution is 6.40. The summed E-state index contributed by atoms with van der Waals surface area (Å²) in [6.45, 7) is -0.0598. The van der Waals surface area contributed by atoms with Crippen molar-refractivity contribution in [3.63, 3.8) is 0 Å². The summed E-state index contributed by atoms with van der Waals surface area (Å²) in [5.74, 6) is -1.61. The van der Waals surface area contributed by atoms with Gasteiger partial charge in [-0.05, 0) is 11.6 Å². The normalized spacial score (nSPS) is 11.8. The molecule has 6 heteroatoms. The molecule has 0 aliphatic carbocycles. The number of nitrogens with one attached hydrogen (secondary N) is 3. The van der Waals surface area contributed by atoms with E-state index >= 15 is 0 Å². The van der Waals surface area contributed by atoms with E-state index in [2.05, 4.69) is 15.6 Å². The van der Waals surface area contributed by atoms with Gasteiger partial charge in [0.1, 0.15) is 0 Å². The van der Waals surface area contributed by atoms with Crippen molar-refractivity contribution in [2.24, 2.45) is 0 Å². The monoisotopic (exact) mass is 399 g/mol. The molecule has 0 spiro atoms. The quantitative estimate of drug-likeness (QED) is 0.386. The smallest absolute Gasteiger partial charge is 0.313 e. The van der Waals surface area contributed by atoms with E-state index in [-0.39, 0.29) is 6.54 Å². The first kappa shape index (κ1) is 19.4. The Morgan fingerprint density at radius 2 is 1.47 bits per heavy atom. The summed E-state index contributed by atoms with van der Waals surface area (Å²) in [5.41, 5.74) is 3.68. The van der Waals surface area contributed by atoms with E-state index in [9.17, 15) is 14.7 Å². The first-order chi connectivity index (χ1) is 14.6. The molecule has 0 fully saturated rings.